The zero-order valence-electron chi connectivity index (χ0n) is 17.8. The van der Waals surface area contributed by atoms with Crippen molar-refractivity contribution in [3.8, 4) is 28.6 Å². The van der Waals surface area contributed by atoms with Gasteiger partial charge in [-0.2, -0.15) is 5.10 Å². The summed E-state index contributed by atoms with van der Waals surface area (Å²) in [7, 11) is 1.95. The molecule has 0 saturated heterocycles. The van der Waals surface area contributed by atoms with E-state index in [4.69, 9.17) is 11.6 Å². The van der Waals surface area contributed by atoms with Crippen LogP contribution in [-0.4, -0.2) is 29.5 Å². The minimum absolute atomic E-state index is 0.0292. The van der Waals surface area contributed by atoms with Gasteiger partial charge in [0.1, 0.15) is 11.5 Å². The molecule has 0 spiro atoms. The van der Waals surface area contributed by atoms with E-state index in [1.807, 2.05) is 66.3 Å². The first-order valence-electron chi connectivity index (χ1n) is 10.4. The predicted molar refractivity (Wildman–Crippen MR) is 128 cm³/mol. The fourth-order valence-corrected chi connectivity index (χ4v) is 4.33. The van der Waals surface area contributed by atoms with Crippen molar-refractivity contribution < 1.29 is 10.2 Å². The summed E-state index contributed by atoms with van der Waals surface area (Å²) < 4.78 is 3.41. The van der Waals surface area contributed by atoms with E-state index in [0.29, 0.717) is 34.7 Å². The standard InChI is InChI=1S/C25H21ClN4O3/c1-29-11-10-16-12-18(8-9-21(16)29)30-24(27-28-25(30)33)19-13-17(22(31)14-23(19)32)7-6-15-4-2-3-5-20(15)26/h2-5,8-14,31-32H,6-7H2,1H3,(H,28,33). The molecule has 0 fully saturated rings. The van der Waals surface area contributed by atoms with Gasteiger partial charge < -0.3 is 14.8 Å². The first kappa shape index (κ1) is 20.9. The van der Waals surface area contributed by atoms with Gasteiger partial charge in [-0.25, -0.2) is 14.5 Å². The average molecular weight is 461 g/mol. The van der Waals surface area contributed by atoms with Gasteiger partial charge in [-0.1, -0.05) is 29.8 Å². The van der Waals surface area contributed by atoms with E-state index in [2.05, 4.69) is 10.2 Å². The second-order valence-electron chi connectivity index (χ2n) is 7.95. The highest BCUT2D eigenvalue weighted by Crippen LogP contribution is 2.35. The van der Waals surface area contributed by atoms with Crippen molar-refractivity contribution >= 4 is 22.5 Å². The van der Waals surface area contributed by atoms with Gasteiger partial charge in [0.25, 0.3) is 0 Å². The summed E-state index contributed by atoms with van der Waals surface area (Å²) in [4.78, 5) is 12.7. The average Bonchev–Trinajstić information content (AvgIpc) is 3.36. The number of hydrogen-bond acceptors (Lipinski definition) is 4. The van der Waals surface area contributed by atoms with Crippen LogP contribution in [0.5, 0.6) is 11.5 Å². The van der Waals surface area contributed by atoms with Gasteiger partial charge in [0.15, 0.2) is 5.82 Å². The monoisotopic (exact) mass is 460 g/mol. The number of fused-ring (bicyclic) bond motifs is 1. The minimum atomic E-state index is -0.426. The van der Waals surface area contributed by atoms with Gasteiger partial charge in [0.05, 0.1) is 11.3 Å². The summed E-state index contributed by atoms with van der Waals surface area (Å²) in [5.74, 6) is 0.0558. The minimum Gasteiger partial charge on any atom is -0.508 e. The van der Waals surface area contributed by atoms with Crippen LogP contribution >= 0.6 is 11.6 Å². The first-order chi connectivity index (χ1) is 15.9. The maximum absolute atomic E-state index is 12.7. The van der Waals surface area contributed by atoms with E-state index in [-0.39, 0.29) is 17.3 Å². The van der Waals surface area contributed by atoms with Crippen molar-refractivity contribution in [1.29, 1.82) is 0 Å². The van der Waals surface area contributed by atoms with Gasteiger partial charge >= 0.3 is 5.69 Å². The number of aryl methyl sites for hydroxylation is 3. The fourth-order valence-electron chi connectivity index (χ4n) is 4.10. The molecular weight excluding hydrogens is 440 g/mol. The Bertz CT molecular complexity index is 1550. The maximum atomic E-state index is 12.7. The molecule has 166 valence electrons. The Hall–Kier alpha value is -3.97. The number of aromatic amines is 1. The third-order valence-electron chi connectivity index (χ3n) is 5.86. The van der Waals surface area contributed by atoms with Crippen LogP contribution in [-0.2, 0) is 19.9 Å². The Balaban J connectivity index is 1.56. The van der Waals surface area contributed by atoms with Crippen LogP contribution in [0, 0.1) is 0 Å². The molecule has 0 unspecified atom stereocenters. The Kier molecular flexibility index (Phi) is 5.18. The lowest BCUT2D eigenvalue weighted by molar-refractivity contribution is 0.446. The molecule has 0 aliphatic carbocycles. The smallest absolute Gasteiger partial charge is 0.348 e. The molecule has 3 N–H and O–H groups in total. The van der Waals surface area contributed by atoms with Gasteiger partial charge in [-0.05, 0) is 60.4 Å². The molecule has 2 heterocycles. The van der Waals surface area contributed by atoms with Crippen LogP contribution < -0.4 is 5.69 Å². The van der Waals surface area contributed by atoms with Gasteiger partial charge in [-0.3, -0.25) is 0 Å². The number of rotatable bonds is 5. The molecule has 0 saturated carbocycles. The summed E-state index contributed by atoms with van der Waals surface area (Å²) in [6.07, 6.45) is 3.05. The third kappa shape index (κ3) is 3.76. The number of nitrogens with one attached hydrogen (secondary N) is 1. The molecule has 0 aliphatic heterocycles. The van der Waals surface area contributed by atoms with Crippen LogP contribution in [0.3, 0.4) is 0 Å². The van der Waals surface area contributed by atoms with Crippen LogP contribution in [0.15, 0.2) is 71.7 Å². The Morgan fingerprint density at radius 3 is 2.58 bits per heavy atom. The second-order valence-corrected chi connectivity index (χ2v) is 8.35. The molecule has 8 heteroatoms. The Morgan fingerprint density at radius 2 is 1.76 bits per heavy atom. The summed E-state index contributed by atoms with van der Waals surface area (Å²) >= 11 is 6.26. The first-order valence-corrected chi connectivity index (χ1v) is 10.8. The van der Waals surface area contributed by atoms with Crippen molar-refractivity contribution in [3.63, 3.8) is 0 Å². The van der Waals surface area contributed by atoms with Gasteiger partial charge in [0, 0.05) is 35.2 Å². The number of phenolic OH excluding ortho intramolecular Hbond substituents is 2. The number of H-pyrrole nitrogens is 1. The summed E-state index contributed by atoms with van der Waals surface area (Å²) in [5, 5.41) is 29.3. The van der Waals surface area contributed by atoms with E-state index in [1.54, 1.807) is 6.07 Å². The van der Waals surface area contributed by atoms with Crippen LogP contribution in [0.2, 0.25) is 5.02 Å². The molecule has 0 aliphatic rings. The summed E-state index contributed by atoms with van der Waals surface area (Å²) in [6, 6.07) is 18.1. The molecule has 3 aromatic carbocycles. The van der Waals surface area contributed by atoms with Crippen molar-refractivity contribution in [1.82, 2.24) is 19.3 Å². The molecule has 7 nitrogen and oxygen atoms in total. The van der Waals surface area contributed by atoms with Crippen LogP contribution in [0.4, 0.5) is 0 Å². The lowest BCUT2D eigenvalue weighted by atomic mass is 10.0. The molecule has 0 bridgehead atoms. The van der Waals surface area contributed by atoms with E-state index in [9.17, 15) is 15.0 Å². The molecule has 2 aromatic heterocycles. The summed E-state index contributed by atoms with van der Waals surface area (Å²) in [6.45, 7) is 0. The number of aromatic nitrogens is 4. The zero-order chi connectivity index (χ0) is 23.1. The lowest BCUT2D eigenvalue weighted by Crippen LogP contribution is -2.15. The van der Waals surface area contributed by atoms with E-state index >= 15 is 0 Å². The van der Waals surface area contributed by atoms with Crippen molar-refractivity contribution in [2.45, 2.75) is 12.8 Å². The topological polar surface area (TPSA) is 96.1 Å². The number of phenols is 2. The molecular formula is C25H21ClN4O3. The fraction of sp³-hybridized carbons (Fsp3) is 0.120. The lowest BCUT2D eigenvalue weighted by Gasteiger charge is -2.12. The number of hydrogen-bond donors (Lipinski definition) is 3. The van der Waals surface area contributed by atoms with E-state index in [1.165, 1.54) is 10.6 Å². The Labute approximate surface area is 194 Å². The zero-order valence-corrected chi connectivity index (χ0v) is 18.5. The molecule has 0 atom stereocenters. The third-order valence-corrected chi connectivity index (χ3v) is 6.23. The summed E-state index contributed by atoms with van der Waals surface area (Å²) in [5.41, 5.74) is 3.14. The maximum Gasteiger partial charge on any atom is 0.348 e. The molecule has 0 radical (unpaired) electrons. The van der Waals surface area contributed by atoms with Crippen molar-refractivity contribution in [2.24, 2.45) is 7.05 Å². The van der Waals surface area contributed by atoms with E-state index < -0.39 is 5.69 Å². The number of aromatic hydroxyl groups is 2. The largest absolute Gasteiger partial charge is 0.508 e. The van der Waals surface area contributed by atoms with Gasteiger partial charge in [-0.15, -0.1) is 0 Å². The van der Waals surface area contributed by atoms with Crippen LogP contribution in [0.1, 0.15) is 11.1 Å². The van der Waals surface area contributed by atoms with Crippen molar-refractivity contribution in [3.05, 3.63) is 93.5 Å². The van der Waals surface area contributed by atoms with Crippen molar-refractivity contribution in [2.75, 3.05) is 0 Å². The predicted octanol–water partition coefficient (Wildman–Crippen LogP) is 4.57. The quantitative estimate of drug-likeness (QED) is 0.358. The highest BCUT2D eigenvalue weighted by Gasteiger charge is 2.19. The molecule has 5 aromatic rings. The SMILES string of the molecule is Cn1ccc2cc(-n3c(-c4cc(CCc5ccccc5Cl)c(O)cc4O)n[nH]c3=O)ccc21. The van der Waals surface area contributed by atoms with Crippen LogP contribution in [0.25, 0.3) is 28.0 Å². The van der Waals surface area contributed by atoms with E-state index in [0.717, 1.165) is 16.5 Å². The molecule has 33 heavy (non-hydrogen) atoms. The normalized spacial score (nSPS) is 11.3. The van der Waals surface area contributed by atoms with Gasteiger partial charge in [0.2, 0.25) is 0 Å². The highest BCUT2D eigenvalue weighted by molar-refractivity contribution is 6.31. The number of nitrogens with zero attached hydrogens (tertiary/aromatic N) is 3. The Morgan fingerprint density at radius 1 is 0.970 bits per heavy atom. The highest BCUT2D eigenvalue weighted by atomic mass is 35.5. The molecule has 0 amide bonds. The second kappa shape index (κ2) is 8.18. The number of halogens is 1. The number of benzene rings is 3. The molecule has 5 rings (SSSR count).